The van der Waals surface area contributed by atoms with Crippen molar-refractivity contribution in [2.45, 2.75) is 30.5 Å². The van der Waals surface area contributed by atoms with E-state index in [1.54, 1.807) is 6.92 Å². The van der Waals surface area contributed by atoms with Crippen molar-refractivity contribution in [1.82, 2.24) is 15.5 Å². The summed E-state index contributed by atoms with van der Waals surface area (Å²) in [5, 5.41) is 11.5. The highest BCUT2D eigenvalue weighted by Gasteiger charge is 2.06. The monoisotopic (exact) mass is 249 g/mol. The van der Waals surface area contributed by atoms with E-state index in [4.69, 9.17) is 4.42 Å². The standard InChI is InChI=1S/C12H15N3OS/c1-8-6-11(5-4-10(8)7-13-3)17-12-15-14-9(2)16-12/h4-6,13H,7H2,1-3H3. The van der Waals surface area contributed by atoms with Gasteiger partial charge in [-0.3, -0.25) is 0 Å². The van der Waals surface area contributed by atoms with Crippen LogP contribution in [0.15, 0.2) is 32.7 Å². The van der Waals surface area contributed by atoms with E-state index in [9.17, 15) is 0 Å². The maximum absolute atomic E-state index is 5.33. The molecule has 0 radical (unpaired) electrons. The number of aromatic nitrogens is 2. The second kappa shape index (κ2) is 5.33. The first-order valence-electron chi connectivity index (χ1n) is 5.41. The van der Waals surface area contributed by atoms with Crippen LogP contribution in [-0.4, -0.2) is 17.2 Å². The molecule has 1 aromatic heterocycles. The fourth-order valence-electron chi connectivity index (χ4n) is 1.54. The van der Waals surface area contributed by atoms with Gasteiger partial charge in [0.05, 0.1) is 0 Å². The Hall–Kier alpha value is -1.33. The molecule has 0 aliphatic carbocycles. The Bertz CT molecular complexity index is 510. The van der Waals surface area contributed by atoms with Crippen LogP contribution < -0.4 is 5.32 Å². The molecule has 0 spiro atoms. The van der Waals surface area contributed by atoms with E-state index >= 15 is 0 Å². The van der Waals surface area contributed by atoms with Crippen LogP contribution in [0.2, 0.25) is 0 Å². The molecule has 1 aromatic carbocycles. The number of aryl methyl sites for hydroxylation is 2. The Labute approximate surface area is 105 Å². The van der Waals surface area contributed by atoms with Crippen molar-refractivity contribution in [3.63, 3.8) is 0 Å². The molecule has 0 aliphatic heterocycles. The summed E-state index contributed by atoms with van der Waals surface area (Å²) in [6.07, 6.45) is 0. The van der Waals surface area contributed by atoms with Crippen LogP contribution in [0.1, 0.15) is 17.0 Å². The SMILES string of the molecule is CNCc1ccc(Sc2nnc(C)o2)cc1C. The number of nitrogens with zero attached hydrogens (tertiary/aromatic N) is 2. The van der Waals surface area contributed by atoms with Crippen LogP contribution in [0, 0.1) is 13.8 Å². The van der Waals surface area contributed by atoms with Gasteiger partial charge in [-0.1, -0.05) is 6.07 Å². The van der Waals surface area contributed by atoms with E-state index in [1.807, 2.05) is 7.05 Å². The molecule has 0 saturated carbocycles. The van der Waals surface area contributed by atoms with Gasteiger partial charge in [-0.25, -0.2) is 0 Å². The first kappa shape index (κ1) is 12.1. The highest BCUT2D eigenvalue weighted by Crippen LogP contribution is 2.27. The summed E-state index contributed by atoms with van der Waals surface area (Å²) < 4.78 is 5.33. The largest absolute Gasteiger partial charge is 0.416 e. The lowest BCUT2D eigenvalue weighted by molar-refractivity contribution is 0.429. The normalized spacial score (nSPS) is 10.8. The zero-order valence-corrected chi connectivity index (χ0v) is 11.0. The third-order valence-corrected chi connectivity index (χ3v) is 3.22. The van der Waals surface area contributed by atoms with E-state index in [1.165, 1.54) is 22.9 Å². The molecule has 0 amide bonds. The van der Waals surface area contributed by atoms with Gasteiger partial charge < -0.3 is 9.73 Å². The summed E-state index contributed by atoms with van der Waals surface area (Å²) in [7, 11) is 1.95. The second-order valence-corrected chi connectivity index (χ2v) is 4.83. The van der Waals surface area contributed by atoms with Gasteiger partial charge in [0, 0.05) is 18.4 Å². The van der Waals surface area contributed by atoms with E-state index in [0.29, 0.717) is 11.1 Å². The second-order valence-electron chi connectivity index (χ2n) is 3.81. The summed E-state index contributed by atoms with van der Waals surface area (Å²) in [5.41, 5.74) is 2.57. The van der Waals surface area contributed by atoms with Gasteiger partial charge in [-0.05, 0) is 49.0 Å². The quantitative estimate of drug-likeness (QED) is 0.902. The van der Waals surface area contributed by atoms with Crippen molar-refractivity contribution < 1.29 is 4.42 Å². The summed E-state index contributed by atoms with van der Waals surface area (Å²) in [5.74, 6) is 0.594. The maximum Gasteiger partial charge on any atom is 0.281 e. The van der Waals surface area contributed by atoms with Crippen molar-refractivity contribution in [3.8, 4) is 0 Å². The molecule has 2 rings (SSSR count). The van der Waals surface area contributed by atoms with E-state index < -0.39 is 0 Å². The first-order chi connectivity index (χ1) is 8.19. The molecular formula is C12H15N3OS. The molecule has 5 heteroatoms. The number of nitrogens with one attached hydrogen (secondary N) is 1. The molecule has 0 atom stereocenters. The lowest BCUT2D eigenvalue weighted by atomic mass is 10.1. The molecule has 0 bridgehead atoms. The predicted octanol–water partition coefficient (Wildman–Crippen LogP) is 2.56. The van der Waals surface area contributed by atoms with Crippen LogP contribution in [0.5, 0.6) is 0 Å². The Morgan fingerprint density at radius 3 is 2.71 bits per heavy atom. The van der Waals surface area contributed by atoms with E-state index in [0.717, 1.165) is 11.4 Å². The molecule has 0 fully saturated rings. The third kappa shape index (κ3) is 3.08. The molecular weight excluding hydrogens is 234 g/mol. The summed E-state index contributed by atoms with van der Waals surface area (Å²) in [4.78, 5) is 1.12. The van der Waals surface area contributed by atoms with Crippen molar-refractivity contribution in [3.05, 3.63) is 35.2 Å². The van der Waals surface area contributed by atoms with Crippen molar-refractivity contribution in [2.75, 3.05) is 7.05 Å². The zero-order valence-electron chi connectivity index (χ0n) is 10.2. The minimum absolute atomic E-state index is 0.586. The van der Waals surface area contributed by atoms with Crippen LogP contribution in [0.3, 0.4) is 0 Å². The number of benzene rings is 1. The zero-order chi connectivity index (χ0) is 12.3. The molecule has 0 aliphatic rings. The Balaban J connectivity index is 2.14. The van der Waals surface area contributed by atoms with Gasteiger partial charge in [0.1, 0.15) is 0 Å². The van der Waals surface area contributed by atoms with Gasteiger partial charge in [0.2, 0.25) is 5.89 Å². The van der Waals surface area contributed by atoms with Gasteiger partial charge in [-0.15, -0.1) is 10.2 Å². The first-order valence-corrected chi connectivity index (χ1v) is 6.23. The lowest BCUT2D eigenvalue weighted by Gasteiger charge is -2.06. The minimum Gasteiger partial charge on any atom is -0.416 e. The van der Waals surface area contributed by atoms with Crippen LogP contribution in [-0.2, 0) is 6.54 Å². The van der Waals surface area contributed by atoms with Crippen LogP contribution in [0.4, 0.5) is 0 Å². The lowest BCUT2D eigenvalue weighted by Crippen LogP contribution is -2.06. The van der Waals surface area contributed by atoms with Gasteiger partial charge in [-0.2, -0.15) is 0 Å². The molecule has 0 saturated heterocycles. The topological polar surface area (TPSA) is 51.0 Å². The third-order valence-electron chi connectivity index (χ3n) is 2.39. The average molecular weight is 249 g/mol. The van der Waals surface area contributed by atoms with Gasteiger partial charge in [0.25, 0.3) is 5.22 Å². The Morgan fingerprint density at radius 1 is 1.29 bits per heavy atom. The van der Waals surface area contributed by atoms with Crippen molar-refractivity contribution in [2.24, 2.45) is 0 Å². The summed E-state index contributed by atoms with van der Waals surface area (Å²) in [6, 6.07) is 6.33. The van der Waals surface area contributed by atoms with Gasteiger partial charge >= 0.3 is 0 Å². The molecule has 1 N–H and O–H groups in total. The highest BCUT2D eigenvalue weighted by atomic mass is 32.2. The Morgan fingerprint density at radius 2 is 2.12 bits per heavy atom. The van der Waals surface area contributed by atoms with Gasteiger partial charge in [0.15, 0.2) is 0 Å². The van der Waals surface area contributed by atoms with Crippen LogP contribution in [0.25, 0.3) is 0 Å². The number of hydrogen-bond acceptors (Lipinski definition) is 5. The average Bonchev–Trinajstić information content (AvgIpc) is 2.68. The number of hydrogen-bond donors (Lipinski definition) is 1. The van der Waals surface area contributed by atoms with E-state index in [-0.39, 0.29) is 0 Å². The summed E-state index contributed by atoms with van der Waals surface area (Å²) in [6.45, 7) is 4.78. The molecule has 2 aromatic rings. The summed E-state index contributed by atoms with van der Waals surface area (Å²) >= 11 is 1.49. The Kier molecular flexibility index (Phi) is 3.81. The molecule has 90 valence electrons. The van der Waals surface area contributed by atoms with Crippen molar-refractivity contribution in [1.29, 1.82) is 0 Å². The molecule has 1 heterocycles. The predicted molar refractivity (Wildman–Crippen MR) is 67.1 cm³/mol. The molecule has 0 unspecified atom stereocenters. The number of rotatable bonds is 4. The van der Waals surface area contributed by atoms with E-state index in [2.05, 4.69) is 40.6 Å². The fraction of sp³-hybridized carbons (Fsp3) is 0.333. The van der Waals surface area contributed by atoms with Crippen LogP contribution >= 0.6 is 11.8 Å². The maximum atomic E-state index is 5.33. The minimum atomic E-state index is 0.586. The molecule has 17 heavy (non-hydrogen) atoms. The fourth-order valence-corrected chi connectivity index (χ4v) is 2.36. The highest BCUT2D eigenvalue weighted by molar-refractivity contribution is 7.99. The van der Waals surface area contributed by atoms with Crippen molar-refractivity contribution >= 4 is 11.8 Å². The smallest absolute Gasteiger partial charge is 0.281 e. The molecule has 4 nitrogen and oxygen atoms in total.